The molecule has 1 aliphatic rings. The summed E-state index contributed by atoms with van der Waals surface area (Å²) in [6.07, 6.45) is 1.53. The van der Waals surface area contributed by atoms with Gasteiger partial charge >= 0.3 is 0 Å². The van der Waals surface area contributed by atoms with E-state index in [1.54, 1.807) is 36.4 Å². The predicted octanol–water partition coefficient (Wildman–Crippen LogP) is 6.83. The number of thioether (sulfide) groups is 1. The lowest BCUT2D eigenvalue weighted by Gasteiger charge is -2.14. The lowest BCUT2D eigenvalue weighted by atomic mass is 10.1. The molecule has 1 aliphatic heterocycles. The zero-order valence-electron chi connectivity index (χ0n) is 18.8. The number of ether oxygens (including phenoxy) is 2. The number of amides is 2. The molecular formula is C26H17Cl2FN2O4S. The number of benzene rings is 3. The Morgan fingerprint density at radius 3 is 2.58 bits per heavy atom. The lowest BCUT2D eigenvalue weighted by Crippen LogP contribution is -2.27. The molecule has 1 saturated heterocycles. The van der Waals surface area contributed by atoms with Gasteiger partial charge in [-0.25, -0.2) is 4.39 Å². The third-order valence-corrected chi connectivity index (χ3v) is 6.82. The van der Waals surface area contributed by atoms with E-state index in [4.69, 9.17) is 32.7 Å². The maximum Gasteiger partial charge on any atom is 0.293 e. The molecule has 0 unspecified atom stereocenters. The zero-order valence-corrected chi connectivity index (χ0v) is 21.1. The average molecular weight is 543 g/mol. The van der Waals surface area contributed by atoms with Crippen LogP contribution in [-0.2, 0) is 17.9 Å². The van der Waals surface area contributed by atoms with Crippen LogP contribution < -0.4 is 9.47 Å². The summed E-state index contributed by atoms with van der Waals surface area (Å²) in [5, 5.41) is 9.15. The standard InChI is InChI=1S/C26H17Cl2FN2O4S/c1-34-22-9-15(8-21(28)24(22)35-14-18-5-3-2-4-16(18)12-30)10-23-25(32)31(26(33)36-23)13-17-6-7-19(29)11-20(17)27/h2-11H,13-14H2,1H3/b23-10-. The Morgan fingerprint density at radius 1 is 1.08 bits per heavy atom. The molecule has 0 aliphatic carbocycles. The molecule has 4 rings (SSSR count). The van der Waals surface area contributed by atoms with Crippen LogP contribution in [0.5, 0.6) is 11.5 Å². The first-order valence-electron chi connectivity index (χ1n) is 10.5. The van der Waals surface area contributed by atoms with Crippen molar-refractivity contribution >= 4 is 52.2 Å². The number of methoxy groups -OCH3 is 1. The van der Waals surface area contributed by atoms with Crippen molar-refractivity contribution in [3.05, 3.63) is 97.6 Å². The number of nitrogens with zero attached hydrogens (tertiary/aromatic N) is 2. The van der Waals surface area contributed by atoms with Crippen molar-refractivity contribution in [2.75, 3.05) is 7.11 Å². The van der Waals surface area contributed by atoms with E-state index >= 15 is 0 Å². The van der Waals surface area contributed by atoms with Crippen LogP contribution in [0.2, 0.25) is 10.0 Å². The van der Waals surface area contributed by atoms with Crippen molar-refractivity contribution in [2.45, 2.75) is 13.2 Å². The van der Waals surface area contributed by atoms with Crippen LogP contribution in [-0.4, -0.2) is 23.2 Å². The topological polar surface area (TPSA) is 79.6 Å². The normalized spacial score (nSPS) is 14.3. The van der Waals surface area contributed by atoms with Crippen LogP contribution in [0.1, 0.15) is 22.3 Å². The number of nitriles is 1. The summed E-state index contributed by atoms with van der Waals surface area (Å²) in [6.45, 7) is 0.0200. The molecule has 1 heterocycles. The van der Waals surface area contributed by atoms with Gasteiger partial charge in [0, 0.05) is 10.6 Å². The summed E-state index contributed by atoms with van der Waals surface area (Å²) in [6, 6.07) is 16.1. The van der Waals surface area contributed by atoms with E-state index < -0.39 is 17.0 Å². The number of carbonyl (C=O) groups is 2. The first-order chi connectivity index (χ1) is 17.3. The van der Waals surface area contributed by atoms with Crippen molar-refractivity contribution in [2.24, 2.45) is 0 Å². The van der Waals surface area contributed by atoms with Crippen LogP contribution in [0.3, 0.4) is 0 Å². The molecule has 0 radical (unpaired) electrons. The molecule has 10 heteroatoms. The number of imide groups is 1. The average Bonchev–Trinajstić information content (AvgIpc) is 3.12. The van der Waals surface area contributed by atoms with E-state index in [0.717, 1.165) is 22.7 Å². The second-order valence-electron chi connectivity index (χ2n) is 7.60. The number of carbonyl (C=O) groups excluding carboxylic acids is 2. The predicted molar refractivity (Wildman–Crippen MR) is 136 cm³/mol. The van der Waals surface area contributed by atoms with Gasteiger partial charge in [0.2, 0.25) is 0 Å². The van der Waals surface area contributed by atoms with Crippen LogP contribution in [0.4, 0.5) is 9.18 Å². The molecule has 1 fully saturated rings. The highest BCUT2D eigenvalue weighted by Gasteiger charge is 2.35. The van der Waals surface area contributed by atoms with Gasteiger partial charge in [-0.1, -0.05) is 47.5 Å². The molecular weight excluding hydrogens is 526 g/mol. The molecule has 182 valence electrons. The monoisotopic (exact) mass is 542 g/mol. The third-order valence-electron chi connectivity index (χ3n) is 5.28. The highest BCUT2D eigenvalue weighted by Crippen LogP contribution is 2.40. The van der Waals surface area contributed by atoms with Gasteiger partial charge in [-0.2, -0.15) is 5.26 Å². The van der Waals surface area contributed by atoms with E-state index in [1.165, 1.54) is 25.3 Å². The Hall–Kier alpha value is -3.51. The molecule has 6 nitrogen and oxygen atoms in total. The van der Waals surface area contributed by atoms with E-state index in [9.17, 15) is 19.2 Å². The number of hydrogen-bond acceptors (Lipinski definition) is 6. The van der Waals surface area contributed by atoms with E-state index in [2.05, 4.69) is 6.07 Å². The molecule has 0 aromatic heterocycles. The smallest absolute Gasteiger partial charge is 0.293 e. The van der Waals surface area contributed by atoms with Crippen molar-refractivity contribution in [1.29, 1.82) is 5.26 Å². The molecule has 3 aromatic carbocycles. The Balaban J connectivity index is 1.55. The van der Waals surface area contributed by atoms with Gasteiger partial charge in [0.05, 0.1) is 35.2 Å². The summed E-state index contributed by atoms with van der Waals surface area (Å²) in [5.74, 6) is -0.414. The Bertz CT molecular complexity index is 1440. The van der Waals surface area contributed by atoms with Gasteiger partial charge in [0.1, 0.15) is 12.4 Å². The zero-order chi connectivity index (χ0) is 25.8. The second-order valence-corrected chi connectivity index (χ2v) is 9.40. The molecule has 0 spiro atoms. The first kappa shape index (κ1) is 25.6. The van der Waals surface area contributed by atoms with Crippen molar-refractivity contribution in [3.8, 4) is 17.6 Å². The van der Waals surface area contributed by atoms with Gasteiger partial charge in [-0.05, 0) is 59.3 Å². The molecule has 3 aromatic rings. The van der Waals surface area contributed by atoms with E-state index in [-0.39, 0.29) is 33.9 Å². The minimum Gasteiger partial charge on any atom is -0.493 e. The molecule has 0 atom stereocenters. The number of halogens is 3. The van der Waals surface area contributed by atoms with Crippen LogP contribution in [0, 0.1) is 17.1 Å². The minimum atomic E-state index is -0.509. The molecule has 36 heavy (non-hydrogen) atoms. The fraction of sp³-hybridized carbons (Fsp3) is 0.115. The fourth-order valence-corrected chi connectivity index (χ4v) is 4.82. The van der Waals surface area contributed by atoms with Gasteiger partial charge in [-0.3, -0.25) is 14.5 Å². The molecule has 2 amide bonds. The molecule has 0 saturated carbocycles. The van der Waals surface area contributed by atoms with Crippen molar-refractivity contribution in [3.63, 3.8) is 0 Å². The van der Waals surface area contributed by atoms with Gasteiger partial charge in [-0.15, -0.1) is 0 Å². The summed E-state index contributed by atoms with van der Waals surface area (Å²) >= 11 is 13.3. The summed E-state index contributed by atoms with van der Waals surface area (Å²) in [7, 11) is 1.45. The third kappa shape index (κ3) is 5.49. The van der Waals surface area contributed by atoms with Crippen LogP contribution in [0.15, 0.2) is 59.5 Å². The maximum absolute atomic E-state index is 13.3. The highest BCUT2D eigenvalue weighted by molar-refractivity contribution is 8.18. The summed E-state index contributed by atoms with van der Waals surface area (Å²) in [5.41, 5.74) is 2.15. The Kier molecular flexibility index (Phi) is 7.85. The van der Waals surface area contributed by atoms with E-state index in [0.29, 0.717) is 28.0 Å². The second kappa shape index (κ2) is 11.0. The summed E-state index contributed by atoms with van der Waals surface area (Å²) < 4.78 is 24.6. The lowest BCUT2D eigenvalue weighted by molar-refractivity contribution is -0.123. The van der Waals surface area contributed by atoms with Crippen molar-refractivity contribution in [1.82, 2.24) is 4.90 Å². The van der Waals surface area contributed by atoms with Gasteiger partial charge in [0.15, 0.2) is 11.5 Å². The molecule has 0 bridgehead atoms. The van der Waals surface area contributed by atoms with Gasteiger partial charge in [0.25, 0.3) is 11.1 Å². The Labute approximate surface area is 220 Å². The summed E-state index contributed by atoms with van der Waals surface area (Å²) in [4.78, 5) is 26.6. The van der Waals surface area contributed by atoms with Crippen LogP contribution >= 0.6 is 35.0 Å². The van der Waals surface area contributed by atoms with E-state index in [1.807, 2.05) is 0 Å². The number of hydrogen-bond donors (Lipinski definition) is 0. The SMILES string of the molecule is COc1cc(/C=C2\SC(=O)N(Cc3ccc(F)cc3Cl)C2=O)cc(Cl)c1OCc1ccccc1C#N. The first-order valence-corrected chi connectivity index (χ1v) is 12.1. The quantitative estimate of drug-likeness (QED) is 0.304. The minimum absolute atomic E-state index is 0.0812. The van der Waals surface area contributed by atoms with Gasteiger partial charge < -0.3 is 9.47 Å². The van der Waals surface area contributed by atoms with Crippen molar-refractivity contribution < 1.29 is 23.5 Å². The fourth-order valence-electron chi connectivity index (χ4n) is 3.48. The Morgan fingerprint density at radius 2 is 1.86 bits per heavy atom. The highest BCUT2D eigenvalue weighted by atomic mass is 35.5. The maximum atomic E-state index is 13.3. The molecule has 0 N–H and O–H groups in total. The van der Waals surface area contributed by atoms with Crippen LogP contribution in [0.25, 0.3) is 6.08 Å². The largest absolute Gasteiger partial charge is 0.493 e. The number of rotatable bonds is 7.